The van der Waals surface area contributed by atoms with Crippen molar-refractivity contribution < 1.29 is 0 Å². The first kappa shape index (κ1) is 12.3. The number of likely N-dealkylation sites (N-methyl/N-ethyl adjacent to an activating group) is 1. The molecule has 5 nitrogen and oxygen atoms in total. The van der Waals surface area contributed by atoms with Crippen molar-refractivity contribution >= 4 is 5.82 Å². The smallest absolute Gasteiger partial charge is 0.144 e. The predicted octanol–water partition coefficient (Wildman–Crippen LogP) is 0.574. The van der Waals surface area contributed by atoms with Gasteiger partial charge < -0.3 is 10.2 Å². The van der Waals surface area contributed by atoms with Gasteiger partial charge in [-0.2, -0.15) is 0 Å². The molecule has 0 spiro atoms. The number of hydrogen-bond acceptors (Lipinski definition) is 5. The lowest BCUT2D eigenvalue weighted by Crippen LogP contribution is -2.44. The van der Waals surface area contributed by atoms with Crippen LogP contribution in [0.3, 0.4) is 0 Å². The third-order valence-electron chi connectivity index (χ3n) is 3.12. The van der Waals surface area contributed by atoms with Crippen molar-refractivity contribution in [2.45, 2.75) is 13.5 Å². The van der Waals surface area contributed by atoms with E-state index in [1.54, 1.807) is 0 Å². The summed E-state index contributed by atoms with van der Waals surface area (Å²) in [5.41, 5.74) is 1.02. The first-order valence-corrected chi connectivity index (χ1v) is 6.10. The average Bonchev–Trinajstić information content (AvgIpc) is 2.31. The fourth-order valence-electron chi connectivity index (χ4n) is 2.03. The van der Waals surface area contributed by atoms with Crippen LogP contribution in [0.15, 0.2) is 6.07 Å². The molecule has 17 heavy (non-hydrogen) atoms. The van der Waals surface area contributed by atoms with Gasteiger partial charge in [-0.25, -0.2) is 9.97 Å². The quantitative estimate of drug-likeness (QED) is 0.830. The van der Waals surface area contributed by atoms with Crippen molar-refractivity contribution in [2.24, 2.45) is 0 Å². The maximum absolute atomic E-state index is 4.49. The van der Waals surface area contributed by atoms with Crippen LogP contribution in [0, 0.1) is 6.92 Å². The minimum atomic E-state index is 0.851. The lowest BCUT2D eigenvalue weighted by molar-refractivity contribution is 0.145. The number of nitrogens with zero attached hydrogens (tertiary/aromatic N) is 4. The second-order valence-electron chi connectivity index (χ2n) is 4.64. The summed E-state index contributed by atoms with van der Waals surface area (Å²) in [5.74, 6) is 1.82. The van der Waals surface area contributed by atoms with Crippen molar-refractivity contribution in [2.75, 3.05) is 45.6 Å². The van der Waals surface area contributed by atoms with E-state index in [1.807, 2.05) is 20.0 Å². The first-order valence-electron chi connectivity index (χ1n) is 6.10. The molecule has 2 rings (SSSR count). The number of aryl methyl sites for hydroxylation is 1. The molecule has 0 atom stereocenters. The molecule has 1 aliphatic heterocycles. The summed E-state index contributed by atoms with van der Waals surface area (Å²) in [4.78, 5) is 13.7. The number of nitrogens with one attached hydrogen (secondary N) is 1. The van der Waals surface area contributed by atoms with Crippen molar-refractivity contribution in [3.05, 3.63) is 17.6 Å². The molecule has 5 heteroatoms. The molecular weight excluding hydrogens is 214 g/mol. The zero-order chi connectivity index (χ0) is 12.3. The summed E-state index contributed by atoms with van der Waals surface area (Å²) in [6.45, 7) is 7.32. The number of anilines is 1. The monoisotopic (exact) mass is 235 g/mol. The molecule has 94 valence electrons. The molecule has 0 unspecified atom stereocenters. The van der Waals surface area contributed by atoms with Crippen molar-refractivity contribution in [1.29, 1.82) is 0 Å². The topological polar surface area (TPSA) is 44.3 Å². The van der Waals surface area contributed by atoms with Crippen LogP contribution in [0.1, 0.15) is 11.5 Å². The maximum Gasteiger partial charge on any atom is 0.144 e. The molecular formula is C12H21N5. The Bertz CT molecular complexity index is 371. The van der Waals surface area contributed by atoms with E-state index in [0.717, 1.165) is 50.1 Å². The SMILES string of the molecule is CNc1cc(C)nc(CN2CCN(C)CC2)n1. The van der Waals surface area contributed by atoms with Crippen LogP contribution in [-0.4, -0.2) is 60.0 Å². The Hall–Kier alpha value is -1.20. The minimum Gasteiger partial charge on any atom is -0.373 e. The zero-order valence-corrected chi connectivity index (χ0v) is 10.9. The fraction of sp³-hybridized carbons (Fsp3) is 0.667. The average molecular weight is 235 g/mol. The third-order valence-corrected chi connectivity index (χ3v) is 3.12. The van der Waals surface area contributed by atoms with E-state index in [2.05, 4.69) is 32.1 Å². The maximum atomic E-state index is 4.49. The Labute approximate surface area is 103 Å². The Kier molecular flexibility index (Phi) is 3.91. The molecule has 0 aromatic carbocycles. The van der Waals surface area contributed by atoms with Gasteiger partial charge >= 0.3 is 0 Å². The summed E-state index contributed by atoms with van der Waals surface area (Å²) in [6.07, 6.45) is 0. The Balaban J connectivity index is 2.00. The molecule has 1 saturated heterocycles. The third kappa shape index (κ3) is 3.38. The summed E-state index contributed by atoms with van der Waals surface area (Å²) in [6, 6.07) is 1.97. The van der Waals surface area contributed by atoms with E-state index in [1.165, 1.54) is 0 Å². The van der Waals surface area contributed by atoms with Gasteiger partial charge in [0.05, 0.1) is 6.54 Å². The van der Waals surface area contributed by atoms with Crippen molar-refractivity contribution in [3.63, 3.8) is 0 Å². The number of hydrogen-bond donors (Lipinski definition) is 1. The van der Waals surface area contributed by atoms with Gasteiger partial charge in [-0.15, -0.1) is 0 Å². The highest BCUT2D eigenvalue weighted by atomic mass is 15.3. The zero-order valence-electron chi connectivity index (χ0n) is 10.9. The van der Waals surface area contributed by atoms with Gasteiger partial charge in [-0.1, -0.05) is 0 Å². The molecule has 1 aliphatic rings. The molecule has 2 heterocycles. The highest BCUT2D eigenvalue weighted by Gasteiger charge is 2.15. The predicted molar refractivity (Wildman–Crippen MR) is 69.1 cm³/mol. The van der Waals surface area contributed by atoms with Gasteiger partial charge in [0.1, 0.15) is 11.6 Å². The summed E-state index contributed by atoms with van der Waals surface area (Å²) >= 11 is 0. The van der Waals surface area contributed by atoms with Gasteiger partial charge in [0, 0.05) is 45.0 Å². The number of piperazine rings is 1. The van der Waals surface area contributed by atoms with Crippen LogP contribution >= 0.6 is 0 Å². The standard InChI is InChI=1S/C12H21N5/c1-10-8-11(13-2)15-12(14-10)9-17-6-4-16(3)5-7-17/h8H,4-7,9H2,1-3H3,(H,13,14,15). The summed E-state index contributed by atoms with van der Waals surface area (Å²) < 4.78 is 0. The Morgan fingerprint density at radius 1 is 1.24 bits per heavy atom. The number of rotatable bonds is 3. The highest BCUT2D eigenvalue weighted by molar-refractivity contribution is 5.34. The summed E-state index contributed by atoms with van der Waals surface area (Å²) in [5, 5.41) is 3.07. The van der Waals surface area contributed by atoms with E-state index < -0.39 is 0 Å². The molecule has 1 aromatic heterocycles. The Morgan fingerprint density at radius 3 is 2.59 bits per heavy atom. The lowest BCUT2D eigenvalue weighted by Gasteiger charge is -2.31. The van der Waals surface area contributed by atoms with Crippen molar-refractivity contribution in [1.82, 2.24) is 19.8 Å². The lowest BCUT2D eigenvalue weighted by atomic mass is 10.3. The molecule has 0 aliphatic carbocycles. The normalized spacial score (nSPS) is 18.3. The van der Waals surface area contributed by atoms with E-state index in [9.17, 15) is 0 Å². The second-order valence-corrected chi connectivity index (χ2v) is 4.64. The van der Waals surface area contributed by atoms with E-state index >= 15 is 0 Å². The van der Waals surface area contributed by atoms with Gasteiger partial charge in [-0.3, -0.25) is 4.90 Å². The molecule has 1 aromatic rings. The van der Waals surface area contributed by atoms with Crippen LogP contribution in [0.25, 0.3) is 0 Å². The van der Waals surface area contributed by atoms with E-state index in [-0.39, 0.29) is 0 Å². The van der Waals surface area contributed by atoms with Crippen LogP contribution < -0.4 is 5.32 Å². The van der Waals surface area contributed by atoms with Crippen LogP contribution in [-0.2, 0) is 6.54 Å². The van der Waals surface area contributed by atoms with Gasteiger partial charge in [-0.05, 0) is 14.0 Å². The molecule has 0 saturated carbocycles. The second kappa shape index (κ2) is 5.42. The van der Waals surface area contributed by atoms with Crippen LogP contribution in [0.5, 0.6) is 0 Å². The first-order chi connectivity index (χ1) is 8.17. The van der Waals surface area contributed by atoms with Gasteiger partial charge in [0.15, 0.2) is 0 Å². The van der Waals surface area contributed by atoms with Gasteiger partial charge in [0.2, 0.25) is 0 Å². The summed E-state index contributed by atoms with van der Waals surface area (Å²) in [7, 11) is 4.06. The van der Waals surface area contributed by atoms with Crippen LogP contribution in [0.4, 0.5) is 5.82 Å². The highest BCUT2D eigenvalue weighted by Crippen LogP contribution is 2.08. The van der Waals surface area contributed by atoms with Gasteiger partial charge in [0.25, 0.3) is 0 Å². The molecule has 0 bridgehead atoms. The van der Waals surface area contributed by atoms with E-state index in [0.29, 0.717) is 0 Å². The van der Waals surface area contributed by atoms with Crippen molar-refractivity contribution in [3.8, 4) is 0 Å². The Morgan fingerprint density at radius 2 is 1.94 bits per heavy atom. The molecule has 0 amide bonds. The molecule has 1 fully saturated rings. The largest absolute Gasteiger partial charge is 0.373 e. The minimum absolute atomic E-state index is 0.851. The fourth-order valence-corrected chi connectivity index (χ4v) is 2.03. The molecule has 0 radical (unpaired) electrons. The van der Waals surface area contributed by atoms with E-state index in [4.69, 9.17) is 0 Å². The number of aromatic nitrogens is 2. The molecule has 1 N–H and O–H groups in total. The van der Waals surface area contributed by atoms with Crippen LogP contribution in [0.2, 0.25) is 0 Å².